The number of carbonyl (C=O) groups excluding carboxylic acids is 1. The topological polar surface area (TPSA) is 93.5 Å². The lowest BCUT2D eigenvalue weighted by atomic mass is 10.2. The molecule has 7 nitrogen and oxygen atoms in total. The van der Waals surface area contributed by atoms with Gasteiger partial charge in [0.2, 0.25) is 0 Å². The second-order valence-electron chi connectivity index (χ2n) is 5.56. The van der Waals surface area contributed by atoms with E-state index in [4.69, 9.17) is 9.84 Å². The van der Waals surface area contributed by atoms with Gasteiger partial charge in [-0.25, -0.2) is 9.18 Å². The molecule has 0 saturated carbocycles. The van der Waals surface area contributed by atoms with E-state index < -0.39 is 29.5 Å². The summed E-state index contributed by atoms with van der Waals surface area (Å²) in [5.41, 5.74) is -0.436. The fourth-order valence-corrected chi connectivity index (χ4v) is 2.81. The minimum Gasteiger partial charge on any atom is -0.394 e. The third kappa shape index (κ3) is 3.94. The zero-order valence-electron chi connectivity index (χ0n) is 13.0. The predicted octanol–water partition coefficient (Wildman–Crippen LogP) is 2.07. The van der Waals surface area contributed by atoms with Crippen LogP contribution in [-0.4, -0.2) is 33.3 Å². The highest BCUT2D eigenvalue weighted by molar-refractivity contribution is 9.10. The molecule has 0 spiro atoms. The molecule has 2 N–H and O–H groups in total. The smallest absolute Gasteiger partial charge is 0.351 e. The van der Waals surface area contributed by atoms with Crippen molar-refractivity contribution >= 4 is 27.7 Å². The van der Waals surface area contributed by atoms with Gasteiger partial charge in [-0.15, -0.1) is 0 Å². The Hall–Kier alpha value is -2.10. The molecule has 0 radical (unpaired) electrons. The zero-order valence-corrected chi connectivity index (χ0v) is 14.6. The van der Waals surface area contributed by atoms with Crippen molar-refractivity contribution in [2.75, 3.05) is 11.9 Å². The van der Waals surface area contributed by atoms with E-state index >= 15 is 0 Å². The van der Waals surface area contributed by atoms with Crippen molar-refractivity contribution in [3.8, 4) is 0 Å². The Kier molecular flexibility index (Phi) is 5.26. The van der Waals surface area contributed by atoms with Crippen molar-refractivity contribution in [1.82, 2.24) is 9.55 Å². The summed E-state index contributed by atoms with van der Waals surface area (Å²) in [6.07, 6.45) is 0.935. The third-order valence-corrected chi connectivity index (χ3v) is 4.37. The van der Waals surface area contributed by atoms with Crippen molar-refractivity contribution in [2.24, 2.45) is 0 Å². The Morgan fingerprint density at radius 2 is 2.12 bits per heavy atom. The molecule has 1 aliphatic heterocycles. The summed E-state index contributed by atoms with van der Waals surface area (Å²) >= 11 is 3.26. The van der Waals surface area contributed by atoms with Gasteiger partial charge in [-0.1, -0.05) is 15.9 Å². The van der Waals surface area contributed by atoms with E-state index in [0.717, 1.165) is 15.2 Å². The van der Waals surface area contributed by atoms with E-state index in [9.17, 15) is 14.0 Å². The Labute approximate surface area is 150 Å². The summed E-state index contributed by atoms with van der Waals surface area (Å²) < 4.78 is 21.5. The highest BCUT2D eigenvalue weighted by atomic mass is 79.9. The molecule has 3 rings (SSSR count). The normalized spacial score (nSPS) is 19.8. The number of benzene rings is 1. The summed E-state index contributed by atoms with van der Waals surface area (Å²) in [5, 5.41) is 11.4. The maximum atomic E-state index is 14.3. The van der Waals surface area contributed by atoms with Crippen LogP contribution in [0.3, 0.4) is 0 Å². The molecule has 1 fully saturated rings. The van der Waals surface area contributed by atoms with Gasteiger partial charge >= 0.3 is 5.69 Å². The predicted molar refractivity (Wildman–Crippen MR) is 90.8 cm³/mol. The van der Waals surface area contributed by atoms with E-state index in [0.29, 0.717) is 18.4 Å². The number of ether oxygens (including phenoxy) is 1. The molecule has 0 unspecified atom stereocenters. The van der Waals surface area contributed by atoms with Gasteiger partial charge in [0.15, 0.2) is 11.6 Å². The average Bonchev–Trinajstić information content (AvgIpc) is 3.07. The Morgan fingerprint density at radius 1 is 1.40 bits per heavy atom. The van der Waals surface area contributed by atoms with E-state index in [1.807, 2.05) is 0 Å². The molecule has 25 heavy (non-hydrogen) atoms. The van der Waals surface area contributed by atoms with E-state index in [1.165, 1.54) is 0 Å². The number of anilines is 1. The largest absolute Gasteiger partial charge is 0.394 e. The molecule has 0 bridgehead atoms. The molecule has 2 atom stereocenters. The van der Waals surface area contributed by atoms with Crippen LogP contribution in [0.15, 0.2) is 39.7 Å². The summed E-state index contributed by atoms with van der Waals surface area (Å²) in [4.78, 5) is 27.8. The maximum absolute atomic E-state index is 14.3. The minimum absolute atomic E-state index is 0.164. The van der Waals surface area contributed by atoms with Crippen LogP contribution in [-0.2, 0) is 4.74 Å². The Balaban J connectivity index is 1.79. The number of hydrogen-bond acceptors (Lipinski definition) is 5. The average molecular weight is 412 g/mol. The highest BCUT2D eigenvalue weighted by Gasteiger charge is 2.27. The number of aromatic nitrogens is 2. The van der Waals surface area contributed by atoms with Crippen molar-refractivity contribution in [3.63, 3.8) is 0 Å². The van der Waals surface area contributed by atoms with Gasteiger partial charge in [0, 0.05) is 10.0 Å². The van der Waals surface area contributed by atoms with E-state index in [1.54, 1.807) is 24.3 Å². The quantitative estimate of drug-likeness (QED) is 0.802. The maximum Gasteiger partial charge on any atom is 0.351 e. The standard InChI is InChI=1S/C16H15BrFN3O4/c17-10-3-1-9(2-4-10)15(23)19-14-12(18)7-21(16(24)20-14)13-6-5-11(8-22)25-13/h1-4,7,11,13,22H,5-6,8H2,(H,19,20,23,24)/t11-,13+/m0/s1. The van der Waals surface area contributed by atoms with Crippen molar-refractivity contribution in [2.45, 2.75) is 25.2 Å². The number of aliphatic hydroxyl groups is 1. The van der Waals surface area contributed by atoms with Gasteiger partial charge in [0.1, 0.15) is 6.23 Å². The number of hydrogen-bond donors (Lipinski definition) is 2. The first-order chi connectivity index (χ1) is 12.0. The molecule has 9 heteroatoms. The van der Waals surface area contributed by atoms with Crippen molar-refractivity contribution in [3.05, 3.63) is 56.8 Å². The van der Waals surface area contributed by atoms with Crippen LogP contribution >= 0.6 is 15.9 Å². The highest BCUT2D eigenvalue weighted by Crippen LogP contribution is 2.27. The fraction of sp³-hybridized carbons (Fsp3) is 0.312. The lowest BCUT2D eigenvalue weighted by molar-refractivity contribution is -0.0249. The fourth-order valence-electron chi connectivity index (χ4n) is 2.55. The zero-order chi connectivity index (χ0) is 18.0. The first kappa shape index (κ1) is 17.7. The van der Waals surface area contributed by atoms with Crippen LogP contribution < -0.4 is 11.0 Å². The van der Waals surface area contributed by atoms with Crippen LogP contribution in [0, 0.1) is 5.82 Å². The van der Waals surface area contributed by atoms with Crippen LogP contribution in [0.1, 0.15) is 29.4 Å². The lowest BCUT2D eigenvalue weighted by Gasteiger charge is -2.15. The molecule has 2 aromatic rings. The minimum atomic E-state index is -0.846. The second kappa shape index (κ2) is 7.42. The number of nitrogens with one attached hydrogen (secondary N) is 1. The molecule has 0 aliphatic carbocycles. The number of halogens is 2. The van der Waals surface area contributed by atoms with Gasteiger partial charge in [-0.3, -0.25) is 9.36 Å². The van der Waals surface area contributed by atoms with Gasteiger partial charge < -0.3 is 15.2 Å². The third-order valence-electron chi connectivity index (χ3n) is 3.84. The molecule has 1 saturated heterocycles. The molecular weight excluding hydrogens is 397 g/mol. The molecule has 132 valence electrons. The summed E-state index contributed by atoms with van der Waals surface area (Å²) in [5.74, 6) is -1.86. The Bertz CT molecular complexity index is 840. The van der Waals surface area contributed by atoms with Gasteiger partial charge in [-0.05, 0) is 37.1 Å². The van der Waals surface area contributed by atoms with Crippen LogP contribution in [0.5, 0.6) is 0 Å². The summed E-state index contributed by atoms with van der Waals surface area (Å²) in [7, 11) is 0. The van der Waals surface area contributed by atoms with Gasteiger partial charge in [-0.2, -0.15) is 4.98 Å². The number of amides is 1. The summed E-state index contributed by atoms with van der Waals surface area (Å²) in [6, 6.07) is 6.46. The van der Waals surface area contributed by atoms with Crippen LogP contribution in [0.4, 0.5) is 10.2 Å². The molecule has 2 heterocycles. The summed E-state index contributed by atoms with van der Waals surface area (Å²) in [6.45, 7) is -0.164. The SMILES string of the molecule is O=C(Nc1nc(=O)n([C@H]2CC[C@@H](CO)O2)cc1F)c1ccc(Br)cc1. The molecule has 1 aromatic carbocycles. The molecule has 1 aromatic heterocycles. The first-order valence-electron chi connectivity index (χ1n) is 7.60. The van der Waals surface area contributed by atoms with Crippen LogP contribution in [0.25, 0.3) is 0 Å². The van der Waals surface area contributed by atoms with Gasteiger partial charge in [0.25, 0.3) is 5.91 Å². The molecule has 1 amide bonds. The van der Waals surface area contributed by atoms with Crippen molar-refractivity contribution < 1.29 is 19.0 Å². The molecular formula is C16H15BrFN3O4. The number of rotatable bonds is 4. The second-order valence-corrected chi connectivity index (χ2v) is 6.48. The number of aliphatic hydroxyl groups excluding tert-OH is 1. The number of nitrogens with zero attached hydrogens (tertiary/aromatic N) is 2. The first-order valence-corrected chi connectivity index (χ1v) is 8.39. The van der Waals surface area contributed by atoms with Gasteiger partial charge in [0.05, 0.1) is 18.9 Å². The number of carbonyl (C=O) groups is 1. The lowest BCUT2D eigenvalue weighted by Crippen LogP contribution is -2.30. The van der Waals surface area contributed by atoms with E-state index in [-0.39, 0.29) is 12.7 Å². The Morgan fingerprint density at radius 3 is 2.76 bits per heavy atom. The van der Waals surface area contributed by atoms with Crippen LogP contribution in [0.2, 0.25) is 0 Å². The van der Waals surface area contributed by atoms with E-state index in [2.05, 4.69) is 26.2 Å². The monoisotopic (exact) mass is 411 g/mol. The molecule has 1 aliphatic rings. The van der Waals surface area contributed by atoms with Crippen molar-refractivity contribution in [1.29, 1.82) is 0 Å².